The molecule has 1 aliphatic carbocycles. The van der Waals surface area contributed by atoms with Crippen molar-refractivity contribution < 1.29 is 14.3 Å². The van der Waals surface area contributed by atoms with Crippen LogP contribution in [0, 0.1) is 17.2 Å². The molecule has 134 valence electrons. The van der Waals surface area contributed by atoms with Crippen molar-refractivity contribution in [2.75, 3.05) is 20.3 Å². The smallest absolute Gasteiger partial charge is 0.166 e. The van der Waals surface area contributed by atoms with Crippen molar-refractivity contribution in [1.29, 1.82) is 5.41 Å². The lowest BCUT2D eigenvalue weighted by atomic mass is 9.83. The summed E-state index contributed by atoms with van der Waals surface area (Å²) < 4.78 is 10.8. The number of hydrogen-bond donors (Lipinski definition) is 1. The molecule has 0 saturated carbocycles. The van der Waals surface area contributed by atoms with Gasteiger partial charge in [0.2, 0.25) is 0 Å². The molecule has 0 spiro atoms. The van der Waals surface area contributed by atoms with E-state index in [0.29, 0.717) is 11.7 Å². The number of nitrogens with one attached hydrogen (secondary N) is 1. The Morgan fingerprint density at radius 2 is 1.92 bits per heavy atom. The predicted octanol–water partition coefficient (Wildman–Crippen LogP) is 4.14. The van der Waals surface area contributed by atoms with Crippen molar-refractivity contribution in [3.8, 4) is 16.9 Å². The number of fused-ring (bicyclic) bond motifs is 1. The molecule has 2 aromatic carbocycles. The maximum Gasteiger partial charge on any atom is 0.166 e. The second-order valence-corrected chi connectivity index (χ2v) is 7.14. The number of rotatable bonds is 4. The van der Waals surface area contributed by atoms with Crippen LogP contribution >= 0.6 is 0 Å². The van der Waals surface area contributed by atoms with Crippen molar-refractivity contribution in [3.63, 3.8) is 0 Å². The zero-order chi connectivity index (χ0) is 18.1. The molecular weight excluding hydrogens is 326 g/mol. The van der Waals surface area contributed by atoms with Gasteiger partial charge in [-0.05, 0) is 71.7 Å². The quantitative estimate of drug-likeness (QED) is 0.844. The van der Waals surface area contributed by atoms with E-state index in [1.54, 1.807) is 7.11 Å². The second-order valence-electron chi connectivity index (χ2n) is 7.14. The molecule has 26 heavy (non-hydrogen) atoms. The summed E-state index contributed by atoms with van der Waals surface area (Å²) in [7, 11) is 1.62. The molecule has 1 N–H and O–H groups in total. The molecule has 2 aromatic rings. The van der Waals surface area contributed by atoms with Gasteiger partial charge in [0, 0.05) is 30.9 Å². The van der Waals surface area contributed by atoms with Gasteiger partial charge in [0.1, 0.15) is 5.75 Å². The number of ketones is 1. The molecule has 0 aromatic heterocycles. The Labute approximate surface area is 153 Å². The van der Waals surface area contributed by atoms with Crippen LogP contribution in [0.5, 0.6) is 5.75 Å². The monoisotopic (exact) mass is 349 g/mol. The lowest BCUT2D eigenvalue weighted by molar-refractivity contribution is 0.0448. The Balaban J connectivity index is 1.66. The van der Waals surface area contributed by atoms with Gasteiger partial charge >= 0.3 is 0 Å². The molecule has 0 bridgehead atoms. The van der Waals surface area contributed by atoms with Crippen molar-refractivity contribution in [3.05, 3.63) is 53.1 Å². The molecule has 1 atom stereocenters. The molecule has 4 nitrogen and oxygen atoms in total. The summed E-state index contributed by atoms with van der Waals surface area (Å²) in [5, 5.41) is 7.52. The molecule has 0 amide bonds. The van der Waals surface area contributed by atoms with Crippen LogP contribution in [0.4, 0.5) is 0 Å². The molecular formula is C22H23NO3. The summed E-state index contributed by atoms with van der Waals surface area (Å²) in [4.78, 5) is 13.0. The van der Waals surface area contributed by atoms with E-state index in [0.717, 1.165) is 60.3 Å². The zero-order valence-corrected chi connectivity index (χ0v) is 15.0. The molecule has 1 fully saturated rings. The highest BCUT2D eigenvalue weighted by molar-refractivity contribution is 6.03. The Kier molecular flexibility index (Phi) is 4.60. The number of hydrogen-bond acceptors (Lipinski definition) is 4. The Morgan fingerprint density at radius 3 is 2.65 bits per heavy atom. The third-order valence-corrected chi connectivity index (χ3v) is 5.65. The highest BCUT2D eigenvalue weighted by Crippen LogP contribution is 2.38. The van der Waals surface area contributed by atoms with E-state index in [9.17, 15) is 4.79 Å². The minimum absolute atomic E-state index is 0.103. The first-order valence-corrected chi connectivity index (χ1v) is 9.14. The molecule has 4 heteroatoms. The van der Waals surface area contributed by atoms with Crippen LogP contribution in [0.25, 0.3) is 11.1 Å². The fourth-order valence-electron chi connectivity index (χ4n) is 4.18. The molecule has 1 saturated heterocycles. The summed E-state index contributed by atoms with van der Waals surface area (Å²) in [6, 6.07) is 11.9. The molecule has 1 heterocycles. The minimum Gasteiger partial charge on any atom is -0.497 e. The van der Waals surface area contributed by atoms with Gasteiger partial charge < -0.3 is 14.9 Å². The highest BCUT2D eigenvalue weighted by Gasteiger charge is 2.36. The largest absolute Gasteiger partial charge is 0.497 e. The van der Waals surface area contributed by atoms with Gasteiger partial charge in [-0.2, -0.15) is 0 Å². The van der Waals surface area contributed by atoms with Crippen LogP contribution < -0.4 is 4.74 Å². The summed E-state index contributed by atoms with van der Waals surface area (Å²) in [6.45, 7) is 1.54. The van der Waals surface area contributed by atoms with E-state index >= 15 is 0 Å². The van der Waals surface area contributed by atoms with Crippen LogP contribution in [-0.4, -0.2) is 32.3 Å². The van der Waals surface area contributed by atoms with Gasteiger partial charge in [0.25, 0.3) is 0 Å². The first-order chi connectivity index (χ1) is 12.7. The van der Waals surface area contributed by atoms with Crippen LogP contribution in [-0.2, 0) is 11.2 Å². The summed E-state index contributed by atoms with van der Waals surface area (Å²) in [5.74, 6) is 1.54. The third-order valence-electron chi connectivity index (χ3n) is 5.65. The predicted molar refractivity (Wildman–Crippen MR) is 101 cm³/mol. The Hall–Kier alpha value is -2.46. The fraction of sp³-hybridized carbons (Fsp3) is 0.364. The van der Waals surface area contributed by atoms with Crippen molar-refractivity contribution >= 4 is 12.0 Å². The van der Waals surface area contributed by atoms with Gasteiger partial charge in [-0.1, -0.05) is 12.1 Å². The Morgan fingerprint density at radius 1 is 1.12 bits per heavy atom. The number of benzene rings is 2. The summed E-state index contributed by atoms with van der Waals surface area (Å²) in [6.07, 6.45) is 4.13. The van der Waals surface area contributed by atoms with Crippen LogP contribution in [0.1, 0.15) is 34.3 Å². The highest BCUT2D eigenvalue weighted by atomic mass is 16.5. The summed E-state index contributed by atoms with van der Waals surface area (Å²) in [5.41, 5.74) is 4.76. The van der Waals surface area contributed by atoms with E-state index in [1.165, 1.54) is 6.21 Å². The number of ether oxygens (including phenoxy) is 2. The van der Waals surface area contributed by atoms with E-state index in [1.807, 2.05) is 24.3 Å². The van der Waals surface area contributed by atoms with E-state index in [-0.39, 0.29) is 11.7 Å². The van der Waals surface area contributed by atoms with Gasteiger partial charge in [-0.3, -0.25) is 4.79 Å². The Bertz CT molecular complexity index is 852. The van der Waals surface area contributed by atoms with E-state index < -0.39 is 0 Å². The second kappa shape index (κ2) is 7.04. The SMILES string of the molecule is COc1cc(C=N)cc(-c2ccc3c(c2)C(=O)C(C2CCOCC2)C3)c1. The van der Waals surface area contributed by atoms with E-state index in [2.05, 4.69) is 12.1 Å². The number of methoxy groups -OCH3 is 1. The standard InChI is InChI=1S/C22H23NO3/c1-25-19-9-14(13-23)8-18(10-19)16-2-3-17-12-20(22(24)21(17)11-16)15-4-6-26-7-5-15/h2-3,8-11,13,15,20,23H,4-7,12H2,1H3. The number of carbonyl (C=O) groups excluding carboxylic acids is 1. The molecule has 2 aliphatic rings. The van der Waals surface area contributed by atoms with Crippen LogP contribution in [0.3, 0.4) is 0 Å². The van der Waals surface area contributed by atoms with Gasteiger partial charge in [0.15, 0.2) is 5.78 Å². The van der Waals surface area contributed by atoms with Crippen molar-refractivity contribution in [2.45, 2.75) is 19.3 Å². The summed E-state index contributed by atoms with van der Waals surface area (Å²) >= 11 is 0. The van der Waals surface area contributed by atoms with Crippen molar-refractivity contribution in [2.24, 2.45) is 11.8 Å². The topological polar surface area (TPSA) is 59.4 Å². The molecule has 1 unspecified atom stereocenters. The maximum atomic E-state index is 13.0. The molecule has 4 rings (SSSR count). The first-order valence-electron chi connectivity index (χ1n) is 9.14. The lowest BCUT2D eigenvalue weighted by Crippen LogP contribution is -2.27. The van der Waals surface area contributed by atoms with Gasteiger partial charge in [-0.15, -0.1) is 0 Å². The fourth-order valence-corrected chi connectivity index (χ4v) is 4.18. The van der Waals surface area contributed by atoms with E-state index in [4.69, 9.17) is 14.9 Å². The third kappa shape index (κ3) is 3.06. The zero-order valence-electron chi connectivity index (χ0n) is 15.0. The average Bonchev–Trinajstić information content (AvgIpc) is 3.04. The van der Waals surface area contributed by atoms with Gasteiger partial charge in [-0.25, -0.2) is 0 Å². The van der Waals surface area contributed by atoms with Gasteiger partial charge in [0.05, 0.1) is 7.11 Å². The van der Waals surface area contributed by atoms with Crippen LogP contribution in [0.2, 0.25) is 0 Å². The molecule has 0 radical (unpaired) electrons. The normalized spacial score (nSPS) is 20.0. The van der Waals surface area contributed by atoms with Crippen molar-refractivity contribution in [1.82, 2.24) is 0 Å². The van der Waals surface area contributed by atoms with Crippen LogP contribution in [0.15, 0.2) is 36.4 Å². The first kappa shape index (κ1) is 17.0. The maximum absolute atomic E-state index is 13.0. The number of carbonyl (C=O) groups is 1. The lowest BCUT2D eigenvalue weighted by Gasteiger charge is -2.26. The minimum atomic E-state index is 0.103. The molecule has 1 aliphatic heterocycles. The average molecular weight is 349 g/mol. The number of Topliss-reactive ketones (excluding diaryl/α,β-unsaturated/α-hetero) is 1.